The van der Waals surface area contributed by atoms with Crippen molar-refractivity contribution < 1.29 is 35.9 Å². The second kappa shape index (κ2) is 9.62. The van der Waals surface area contributed by atoms with E-state index in [9.17, 15) is 31.2 Å². The lowest BCUT2D eigenvalue weighted by Crippen LogP contribution is -2.35. The van der Waals surface area contributed by atoms with Gasteiger partial charge in [-0.1, -0.05) is 18.6 Å². The van der Waals surface area contributed by atoms with Gasteiger partial charge in [-0.25, -0.2) is 18.2 Å². The van der Waals surface area contributed by atoms with Crippen LogP contribution in [0.3, 0.4) is 0 Å². The van der Waals surface area contributed by atoms with E-state index in [1.165, 1.54) is 52.8 Å². The number of piperidine rings is 1. The summed E-state index contributed by atoms with van der Waals surface area (Å²) < 4.78 is 69.5. The third kappa shape index (κ3) is 5.28. The average molecular weight is 507 g/mol. The molecule has 1 fully saturated rings. The molecule has 12 heteroatoms. The van der Waals surface area contributed by atoms with Crippen molar-refractivity contribution in [3.63, 3.8) is 0 Å². The van der Waals surface area contributed by atoms with E-state index in [0.29, 0.717) is 13.1 Å². The van der Waals surface area contributed by atoms with Gasteiger partial charge >= 0.3 is 12.1 Å². The molecular formula is C23H20F3N3O5S. The SMILES string of the molecule is O=C(Nc1cccc2c(OC(=O)C(F)(F)F)nccc12)c1cccc(S(=O)(=O)N2CCCCC2)c1. The van der Waals surface area contributed by atoms with Gasteiger partial charge in [-0.05, 0) is 49.2 Å². The lowest BCUT2D eigenvalue weighted by molar-refractivity contribution is -0.189. The van der Waals surface area contributed by atoms with Crippen molar-refractivity contribution in [3.8, 4) is 5.88 Å². The Morgan fingerprint density at radius 3 is 2.40 bits per heavy atom. The molecule has 1 saturated heterocycles. The number of nitrogens with one attached hydrogen (secondary N) is 1. The molecule has 1 aliphatic heterocycles. The summed E-state index contributed by atoms with van der Waals surface area (Å²) in [6.45, 7) is 0.841. The highest BCUT2D eigenvalue weighted by atomic mass is 32.2. The van der Waals surface area contributed by atoms with Gasteiger partial charge in [0.25, 0.3) is 5.91 Å². The normalized spacial score (nSPS) is 15.1. The van der Waals surface area contributed by atoms with Crippen LogP contribution < -0.4 is 10.1 Å². The number of carbonyl (C=O) groups is 2. The number of halogens is 3. The summed E-state index contributed by atoms with van der Waals surface area (Å²) >= 11 is 0. The number of pyridine rings is 1. The Labute approximate surface area is 198 Å². The van der Waals surface area contributed by atoms with E-state index in [4.69, 9.17) is 0 Å². The van der Waals surface area contributed by atoms with Crippen LogP contribution in [0.5, 0.6) is 5.88 Å². The number of ether oxygens (including phenoxy) is 1. The molecular weight excluding hydrogens is 487 g/mol. The lowest BCUT2D eigenvalue weighted by Gasteiger charge is -2.26. The summed E-state index contributed by atoms with van der Waals surface area (Å²) in [5.41, 5.74) is 0.293. The molecule has 35 heavy (non-hydrogen) atoms. The van der Waals surface area contributed by atoms with Crippen molar-refractivity contribution in [2.24, 2.45) is 0 Å². The van der Waals surface area contributed by atoms with Gasteiger partial charge in [0.2, 0.25) is 15.9 Å². The quantitative estimate of drug-likeness (QED) is 0.521. The predicted molar refractivity (Wildman–Crippen MR) is 120 cm³/mol. The minimum absolute atomic E-state index is 0.00415. The molecule has 2 aromatic carbocycles. The van der Waals surface area contributed by atoms with Gasteiger partial charge in [-0.3, -0.25) is 4.79 Å². The van der Waals surface area contributed by atoms with Gasteiger partial charge < -0.3 is 10.1 Å². The second-order valence-electron chi connectivity index (χ2n) is 7.85. The topological polar surface area (TPSA) is 106 Å². The number of nitrogens with zero attached hydrogens (tertiary/aromatic N) is 2. The number of hydrogen-bond donors (Lipinski definition) is 1. The highest BCUT2D eigenvalue weighted by Gasteiger charge is 2.42. The zero-order chi connectivity index (χ0) is 25.2. The van der Waals surface area contributed by atoms with Gasteiger partial charge in [0.05, 0.1) is 4.90 Å². The number of fused-ring (bicyclic) bond motifs is 1. The number of benzene rings is 2. The fourth-order valence-corrected chi connectivity index (χ4v) is 5.33. The van der Waals surface area contributed by atoms with Gasteiger partial charge in [0, 0.05) is 41.3 Å². The maximum atomic E-state index is 13.0. The minimum Gasteiger partial charge on any atom is -0.400 e. The third-order valence-electron chi connectivity index (χ3n) is 5.49. The Hall–Kier alpha value is -3.51. The van der Waals surface area contributed by atoms with E-state index in [0.717, 1.165) is 25.5 Å². The first kappa shape index (κ1) is 24.6. The predicted octanol–water partition coefficient (Wildman–Crippen LogP) is 4.13. The molecule has 0 atom stereocenters. The van der Waals surface area contributed by atoms with Gasteiger partial charge in [0.1, 0.15) is 0 Å². The average Bonchev–Trinajstić information content (AvgIpc) is 2.84. The molecule has 8 nitrogen and oxygen atoms in total. The lowest BCUT2D eigenvalue weighted by atomic mass is 10.1. The van der Waals surface area contributed by atoms with Crippen molar-refractivity contribution in [3.05, 3.63) is 60.3 Å². The maximum absolute atomic E-state index is 13.0. The number of esters is 1. The van der Waals surface area contributed by atoms with Crippen LogP contribution in [0.4, 0.5) is 18.9 Å². The number of hydrogen-bond acceptors (Lipinski definition) is 6. The molecule has 2 heterocycles. The number of carbonyl (C=O) groups excluding carboxylic acids is 2. The van der Waals surface area contributed by atoms with Crippen molar-refractivity contribution >= 4 is 38.4 Å². The van der Waals surface area contributed by atoms with E-state index >= 15 is 0 Å². The maximum Gasteiger partial charge on any atom is 0.491 e. The van der Waals surface area contributed by atoms with Crippen molar-refractivity contribution in [2.75, 3.05) is 18.4 Å². The van der Waals surface area contributed by atoms with Crippen LogP contribution in [0, 0.1) is 0 Å². The highest BCUT2D eigenvalue weighted by molar-refractivity contribution is 7.89. The molecule has 1 aromatic heterocycles. The molecule has 1 N–H and O–H groups in total. The summed E-state index contributed by atoms with van der Waals surface area (Å²) in [7, 11) is -3.75. The van der Waals surface area contributed by atoms with Gasteiger partial charge in [-0.2, -0.15) is 17.5 Å². The first-order chi connectivity index (χ1) is 16.6. The summed E-state index contributed by atoms with van der Waals surface area (Å²) in [4.78, 5) is 27.9. The Morgan fingerprint density at radius 1 is 0.971 bits per heavy atom. The number of sulfonamides is 1. The number of aromatic nitrogens is 1. The molecule has 0 aliphatic carbocycles. The first-order valence-corrected chi connectivity index (χ1v) is 12.1. The van der Waals surface area contributed by atoms with Crippen molar-refractivity contribution in [1.82, 2.24) is 9.29 Å². The standard InChI is InChI=1S/C23H20F3N3O5S/c24-23(25,26)22(31)34-21-18-8-5-9-19(17(18)10-11-27-21)28-20(30)15-6-4-7-16(14-15)35(32,33)29-12-2-1-3-13-29/h4-11,14H,1-3,12-13H2,(H,28,30). The molecule has 0 radical (unpaired) electrons. The molecule has 0 spiro atoms. The van der Waals surface area contributed by atoms with Crippen LogP contribution in [0.15, 0.2) is 59.6 Å². The molecule has 3 aromatic rings. The highest BCUT2D eigenvalue weighted by Crippen LogP contribution is 2.31. The molecule has 4 rings (SSSR count). The Bertz CT molecular complexity index is 1390. The smallest absolute Gasteiger partial charge is 0.400 e. The molecule has 184 valence electrons. The van der Waals surface area contributed by atoms with E-state index in [1.807, 2.05) is 0 Å². The molecule has 1 amide bonds. The summed E-state index contributed by atoms with van der Waals surface area (Å²) in [5, 5.41) is 2.98. The molecule has 0 unspecified atom stereocenters. The molecule has 1 aliphatic rings. The zero-order valence-electron chi connectivity index (χ0n) is 18.2. The summed E-state index contributed by atoms with van der Waals surface area (Å²) in [6.07, 6.45) is -1.55. The van der Waals surface area contributed by atoms with Crippen molar-refractivity contribution in [1.29, 1.82) is 0 Å². The van der Waals surface area contributed by atoms with E-state index in [1.54, 1.807) is 0 Å². The Balaban J connectivity index is 1.60. The zero-order valence-corrected chi connectivity index (χ0v) is 19.0. The summed E-state index contributed by atoms with van der Waals surface area (Å²) in [5.74, 6) is -3.60. The van der Waals surface area contributed by atoms with Crippen LogP contribution in [0.2, 0.25) is 0 Å². The molecule has 0 saturated carbocycles. The monoisotopic (exact) mass is 507 g/mol. The van der Waals surface area contributed by atoms with Crippen LogP contribution in [-0.4, -0.2) is 48.8 Å². The minimum atomic E-state index is -5.20. The van der Waals surface area contributed by atoms with E-state index < -0.39 is 34.0 Å². The van der Waals surface area contributed by atoms with Gasteiger partial charge in [0.15, 0.2) is 0 Å². The van der Waals surface area contributed by atoms with E-state index in [2.05, 4.69) is 15.0 Å². The molecule has 0 bridgehead atoms. The number of anilines is 1. The number of alkyl halides is 3. The van der Waals surface area contributed by atoms with Crippen LogP contribution >= 0.6 is 0 Å². The number of rotatable bonds is 5. The van der Waals surface area contributed by atoms with Crippen LogP contribution in [0.25, 0.3) is 10.8 Å². The number of amides is 1. The Morgan fingerprint density at radius 2 is 1.69 bits per heavy atom. The van der Waals surface area contributed by atoms with Crippen molar-refractivity contribution in [2.45, 2.75) is 30.3 Å². The Kier molecular flexibility index (Phi) is 6.77. The largest absolute Gasteiger partial charge is 0.491 e. The van der Waals surface area contributed by atoms with Crippen LogP contribution in [-0.2, 0) is 14.8 Å². The van der Waals surface area contributed by atoms with Crippen LogP contribution in [0.1, 0.15) is 29.6 Å². The summed E-state index contributed by atoms with van der Waals surface area (Å²) in [6, 6.07) is 11.4. The van der Waals surface area contributed by atoms with E-state index in [-0.39, 0.29) is 26.9 Å². The van der Waals surface area contributed by atoms with Gasteiger partial charge in [-0.15, -0.1) is 0 Å². The fourth-order valence-electron chi connectivity index (χ4n) is 3.76. The third-order valence-corrected chi connectivity index (χ3v) is 7.38. The first-order valence-electron chi connectivity index (χ1n) is 10.7. The second-order valence-corrected chi connectivity index (χ2v) is 9.79. The fraction of sp³-hybridized carbons (Fsp3) is 0.261.